The summed E-state index contributed by atoms with van der Waals surface area (Å²) in [5, 5.41) is 6.66. The molecule has 0 amide bonds. The third kappa shape index (κ3) is 6.45. The van der Waals surface area contributed by atoms with Gasteiger partial charge in [-0.3, -0.25) is 0 Å². The van der Waals surface area contributed by atoms with Crippen molar-refractivity contribution in [2.24, 2.45) is 0 Å². The highest BCUT2D eigenvalue weighted by Gasteiger charge is 2.20. The Morgan fingerprint density at radius 2 is 0.812 bits per heavy atom. The van der Waals surface area contributed by atoms with Crippen LogP contribution in [-0.2, 0) is 0 Å². The van der Waals surface area contributed by atoms with E-state index in [1.165, 1.54) is 21.9 Å². The lowest BCUT2D eigenvalue weighted by Crippen LogP contribution is -2.00. The van der Waals surface area contributed by atoms with Gasteiger partial charge in [-0.15, -0.1) is 0 Å². The normalized spacial score (nSPS) is 11.8. The summed E-state index contributed by atoms with van der Waals surface area (Å²) in [7, 11) is 0. The molecule has 14 rings (SSSR count). The minimum atomic E-state index is 0.611. The highest BCUT2D eigenvalue weighted by Crippen LogP contribution is 2.43. The van der Waals surface area contributed by atoms with Crippen LogP contribution in [0.25, 0.3) is 139 Å². The van der Waals surface area contributed by atoms with Crippen LogP contribution >= 0.6 is 0 Å². The molecule has 0 spiro atoms. The number of benzene rings is 10. The summed E-state index contributed by atoms with van der Waals surface area (Å²) in [5.74, 6) is 1.87. The Morgan fingerprint density at radius 3 is 1.58 bits per heavy atom. The van der Waals surface area contributed by atoms with Crippen LogP contribution in [0, 0.1) is 0 Å². The second kappa shape index (κ2) is 15.6. The number of aromatic nitrogens is 4. The molecule has 0 bridgehead atoms. The molecule has 0 aliphatic rings. The van der Waals surface area contributed by atoms with Crippen LogP contribution in [0.1, 0.15) is 0 Å². The second-order valence-corrected chi connectivity index (χ2v) is 17.5. The van der Waals surface area contributed by atoms with Gasteiger partial charge in [-0.05, 0) is 100 Å². The minimum absolute atomic E-state index is 0.611. The van der Waals surface area contributed by atoms with E-state index in [0.717, 1.165) is 99.5 Å². The Balaban J connectivity index is 0.865. The third-order valence-electron chi connectivity index (χ3n) is 13.5. The van der Waals surface area contributed by atoms with Crippen LogP contribution in [0.15, 0.2) is 239 Å². The quantitative estimate of drug-likeness (QED) is 0.159. The minimum Gasteiger partial charge on any atom is -0.456 e. The highest BCUT2D eigenvalue weighted by molar-refractivity contribution is 6.16. The smallest absolute Gasteiger partial charge is 0.164 e. The summed E-state index contributed by atoms with van der Waals surface area (Å²) in [6.07, 6.45) is 0. The average Bonchev–Trinajstić information content (AvgIpc) is 4.10. The molecule has 6 nitrogen and oxygen atoms in total. The zero-order valence-electron chi connectivity index (χ0n) is 37.0. The maximum absolute atomic E-state index is 6.70. The molecule has 0 N–H and O–H groups in total. The highest BCUT2D eigenvalue weighted by atomic mass is 16.3. The van der Waals surface area contributed by atoms with Gasteiger partial charge in [-0.1, -0.05) is 164 Å². The summed E-state index contributed by atoms with van der Waals surface area (Å²) in [6, 6.07) is 80.4. The zero-order valence-corrected chi connectivity index (χ0v) is 37.0. The van der Waals surface area contributed by atoms with E-state index in [2.05, 4.69) is 174 Å². The van der Waals surface area contributed by atoms with Crippen LogP contribution in [0.4, 0.5) is 0 Å². The van der Waals surface area contributed by atoms with E-state index in [4.69, 9.17) is 23.8 Å². The third-order valence-corrected chi connectivity index (χ3v) is 13.5. The van der Waals surface area contributed by atoms with Crippen LogP contribution in [0.5, 0.6) is 0 Å². The van der Waals surface area contributed by atoms with Gasteiger partial charge >= 0.3 is 0 Å². The van der Waals surface area contributed by atoms with Crippen LogP contribution < -0.4 is 0 Å². The first-order chi connectivity index (χ1) is 34.2. The maximum atomic E-state index is 6.70. The first-order valence-electron chi connectivity index (χ1n) is 23.2. The molecule has 4 heterocycles. The number of furan rings is 2. The Morgan fingerprint density at radius 1 is 0.275 bits per heavy atom. The fourth-order valence-corrected chi connectivity index (χ4v) is 10.2. The van der Waals surface area contributed by atoms with Crippen molar-refractivity contribution in [3.05, 3.63) is 231 Å². The molecule has 322 valence electrons. The number of rotatable bonds is 7. The van der Waals surface area contributed by atoms with Crippen molar-refractivity contribution >= 4 is 65.7 Å². The van der Waals surface area contributed by atoms with Crippen molar-refractivity contribution in [1.29, 1.82) is 0 Å². The largest absolute Gasteiger partial charge is 0.456 e. The fourth-order valence-electron chi connectivity index (χ4n) is 10.2. The van der Waals surface area contributed by atoms with Crippen LogP contribution in [0.3, 0.4) is 0 Å². The molecule has 0 fully saturated rings. The molecule has 4 aromatic heterocycles. The Labute approximate surface area is 396 Å². The lowest BCUT2D eigenvalue weighted by molar-refractivity contribution is 0.669. The van der Waals surface area contributed by atoms with Crippen molar-refractivity contribution in [2.75, 3.05) is 0 Å². The first-order valence-corrected chi connectivity index (χ1v) is 23.2. The summed E-state index contributed by atoms with van der Waals surface area (Å²) >= 11 is 0. The van der Waals surface area contributed by atoms with E-state index in [1.54, 1.807) is 0 Å². The number of fused-ring (bicyclic) bond motifs is 9. The van der Waals surface area contributed by atoms with Crippen molar-refractivity contribution in [2.45, 2.75) is 0 Å². The molecule has 14 aromatic rings. The van der Waals surface area contributed by atoms with Gasteiger partial charge in [0.1, 0.15) is 22.3 Å². The average molecular weight is 883 g/mol. The number of hydrogen-bond acceptors (Lipinski definition) is 5. The summed E-state index contributed by atoms with van der Waals surface area (Å²) in [4.78, 5) is 14.9. The lowest BCUT2D eigenvalue weighted by Gasteiger charge is -2.10. The van der Waals surface area contributed by atoms with Crippen LogP contribution in [-0.4, -0.2) is 19.5 Å². The number of para-hydroxylation sites is 1. The van der Waals surface area contributed by atoms with E-state index in [0.29, 0.717) is 17.5 Å². The van der Waals surface area contributed by atoms with E-state index in [9.17, 15) is 0 Å². The van der Waals surface area contributed by atoms with Gasteiger partial charge in [0.2, 0.25) is 0 Å². The Kier molecular flexibility index (Phi) is 8.79. The van der Waals surface area contributed by atoms with Crippen LogP contribution in [0.2, 0.25) is 0 Å². The van der Waals surface area contributed by atoms with E-state index in [-0.39, 0.29) is 0 Å². The Bertz CT molecular complexity index is 4250. The lowest BCUT2D eigenvalue weighted by atomic mass is 9.96. The molecule has 0 atom stereocenters. The van der Waals surface area contributed by atoms with E-state index >= 15 is 0 Å². The molecule has 0 saturated carbocycles. The Hall–Kier alpha value is -9.39. The first kappa shape index (κ1) is 38.8. The maximum Gasteiger partial charge on any atom is 0.164 e. The molecule has 0 unspecified atom stereocenters. The fraction of sp³-hybridized carbons (Fsp3) is 0. The van der Waals surface area contributed by atoms with Gasteiger partial charge in [-0.25, -0.2) is 15.0 Å². The number of hydrogen-bond donors (Lipinski definition) is 0. The molecule has 69 heavy (non-hydrogen) atoms. The van der Waals surface area contributed by atoms with Gasteiger partial charge in [0.05, 0.1) is 22.1 Å². The van der Waals surface area contributed by atoms with Gasteiger partial charge in [0.25, 0.3) is 0 Å². The predicted molar refractivity (Wildman–Crippen MR) is 281 cm³/mol. The summed E-state index contributed by atoms with van der Waals surface area (Å²) in [6.45, 7) is 0. The SMILES string of the molecule is c1ccc(-c2ccc3c(c2)c2ccccc2n3-c2cccc3oc4ccc(-c5ccc6c(c5)oc5cccc(-c7cccc(-c8nc(-c9ccccc9)nc(-c9ccccc9)n8)c7)c56)cc4c23)cc1. The van der Waals surface area contributed by atoms with E-state index in [1.807, 2.05) is 60.7 Å². The molecule has 0 aliphatic carbocycles. The van der Waals surface area contributed by atoms with Crippen molar-refractivity contribution < 1.29 is 8.83 Å². The molecule has 0 aliphatic heterocycles. The molecule has 6 heteroatoms. The molecule has 0 saturated heterocycles. The second-order valence-electron chi connectivity index (χ2n) is 17.5. The summed E-state index contributed by atoms with van der Waals surface area (Å²) in [5.41, 5.74) is 16.1. The van der Waals surface area contributed by atoms with Gasteiger partial charge in [0, 0.05) is 43.6 Å². The topological polar surface area (TPSA) is 69.9 Å². The number of nitrogens with zero attached hydrogens (tertiary/aromatic N) is 4. The summed E-state index contributed by atoms with van der Waals surface area (Å²) < 4.78 is 15.7. The molecular formula is C63H38N4O2. The standard InChI is InChI=1S/C63H38N4O2/c1-4-15-39(16-5-1)42-30-33-53-50(36-42)48-23-10-11-25-52(48)67(53)54-26-14-28-57-60(54)51-37-43(31-34-55(51)68-57)44-29-32-49-58(38-44)69-56-27-13-24-47(59(49)56)45-21-12-22-46(35-45)63-65-61(40-17-6-2-7-18-40)64-62(66-63)41-19-8-3-9-20-41/h1-38H. The molecule has 0 radical (unpaired) electrons. The zero-order chi connectivity index (χ0) is 45.4. The van der Waals surface area contributed by atoms with Crippen molar-refractivity contribution in [1.82, 2.24) is 19.5 Å². The monoisotopic (exact) mass is 882 g/mol. The van der Waals surface area contributed by atoms with E-state index < -0.39 is 0 Å². The van der Waals surface area contributed by atoms with Gasteiger partial charge in [-0.2, -0.15) is 0 Å². The van der Waals surface area contributed by atoms with Crippen molar-refractivity contribution in [3.63, 3.8) is 0 Å². The molecular weight excluding hydrogens is 845 g/mol. The van der Waals surface area contributed by atoms with Crippen molar-refractivity contribution in [3.8, 4) is 73.2 Å². The van der Waals surface area contributed by atoms with Gasteiger partial charge in [0.15, 0.2) is 17.5 Å². The van der Waals surface area contributed by atoms with Gasteiger partial charge < -0.3 is 13.4 Å². The predicted octanol–water partition coefficient (Wildman–Crippen LogP) is 16.8. The molecule has 10 aromatic carbocycles.